The molecule has 10 heavy (non-hydrogen) atoms. The number of rotatable bonds is 2. The molecule has 0 aliphatic carbocycles. The molecule has 0 heterocycles. The Kier molecular flexibility index (Phi) is 3.26. The Labute approximate surface area is 60.7 Å². The number of hydrogen-bond donors (Lipinski definition) is 2. The Morgan fingerprint density at radius 1 is 1.80 bits per heavy atom. The van der Waals surface area contributed by atoms with Crippen LogP contribution in [0, 0.1) is 22.8 Å². The van der Waals surface area contributed by atoms with E-state index in [1.807, 2.05) is 20.0 Å². The molecular weight excluding hydrogens is 128 g/mol. The van der Waals surface area contributed by atoms with Crippen LogP contribution in [0.15, 0.2) is 0 Å². The Bertz CT molecular complexity index is 156. The monoisotopic (exact) mass is 140 g/mol. The Morgan fingerprint density at radius 2 is 2.30 bits per heavy atom. The predicted molar refractivity (Wildman–Crippen MR) is 39.1 cm³/mol. The molecule has 56 valence electrons. The van der Waals surface area contributed by atoms with E-state index in [1.165, 1.54) is 0 Å². The molecule has 0 aromatic carbocycles. The summed E-state index contributed by atoms with van der Waals surface area (Å²) in [7, 11) is 0. The number of nitrogens with one attached hydrogen (secondary N) is 1. The van der Waals surface area contributed by atoms with E-state index in [0.29, 0.717) is 12.5 Å². The van der Waals surface area contributed by atoms with Crippen LogP contribution >= 0.6 is 0 Å². The summed E-state index contributed by atoms with van der Waals surface area (Å²) < 4.78 is 0. The molecule has 0 rings (SSSR count). The van der Waals surface area contributed by atoms with Crippen LogP contribution in [0.3, 0.4) is 0 Å². The average molecular weight is 140 g/mol. The zero-order valence-corrected chi connectivity index (χ0v) is 6.26. The quantitative estimate of drug-likeness (QED) is 0.251. The highest BCUT2D eigenvalue weighted by molar-refractivity contribution is 5.76. The second kappa shape index (κ2) is 3.72. The lowest BCUT2D eigenvalue weighted by Crippen LogP contribution is -2.34. The molecule has 0 unspecified atom stereocenters. The predicted octanol–water partition coefficient (Wildman–Crippen LogP) is 0.319. The minimum atomic E-state index is -0.184. The van der Waals surface area contributed by atoms with E-state index in [9.17, 15) is 0 Å². The van der Waals surface area contributed by atoms with Crippen molar-refractivity contribution in [2.24, 2.45) is 11.7 Å². The van der Waals surface area contributed by atoms with E-state index in [-0.39, 0.29) is 5.96 Å². The fraction of sp³-hybridized carbons (Fsp3) is 0.667. The molecule has 0 spiro atoms. The SMILES string of the molecule is CC(C)CN(C#N)C(=N)N. The van der Waals surface area contributed by atoms with Crippen LogP contribution in [0.4, 0.5) is 0 Å². The molecule has 3 N–H and O–H groups in total. The first-order valence-electron chi connectivity index (χ1n) is 3.09. The summed E-state index contributed by atoms with van der Waals surface area (Å²) in [5, 5.41) is 15.3. The third kappa shape index (κ3) is 2.92. The van der Waals surface area contributed by atoms with Crippen molar-refractivity contribution >= 4 is 5.96 Å². The molecule has 0 aromatic rings. The summed E-state index contributed by atoms with van der Waals surface area (Å²) in [6.07, 6.45) is 1.82. The van der Waals surface area contributed by atoms with E-state index in [2.05, 4.69) is 0 Å². The molecule has 0 amide bonds. The molecule has 0 bridgehead atoms. The first kappa shape index (κ1) is 8.76. The number of guanidine groups is 1. The molecule has 0 aliphatic heterocycles. The van der Waals surface area contributed by atoms with Crippen LogP contribution in [0.1, 0.15) is 13.8 Å². The second-order valence-corrected chi connectivity index (χ2v) is 2.49. The van der Waals surface area contributed by atoms with Gasteiger partial charge in [-0.3, -0.25) is 5.41 Å². The van der Waals surface area contributed by atoms with Gasteiger partial charge in [0, 0.05) is 6.54 Å². The van der Waals surface area contributed by atoms with Gasteiger partial charge in [0.1, 0.15) is 0 Å². The number of nitrogens with two attached hydrogens (primary N) is 1. The van der Waals surface area contributed by atoms with Crippen molar-refractivity contribution < 1.29 is 0 Å². The van der Waals surface area contributed by atoms with Gasteiger partial charge < -0.3 is 5.73 Å². The van der Waals surface area contributed by atoms with E-state index < -0.39 is 0 Å². The van der Waals surface area contributed by atoms with Gasteiger partial charge >= 0.3 is 0 Å². The van der Waals surface area contributed by atoms with Gasteiger partial charge in [0.25, 0.3) is 0 Å². The van der Waals surface area contributed by atoms with Crippen molar-refractivity contribution in [3.05, 3.63) is 0 Å². The van der Waals surface area contributed by atoms with Gasteiger partial charge in [-0.1, -0.05) is 13.8 Å². The molecule has 0 aromatic heterocycles. The molecule has 0 radical (unpaired) electrons. The van der Waals surface area contributed by atoms with Crippen LogP contribution in [0.5, 0.6) is 0 Å². The Balaban J connectivity index is 3.88. The van der Waals surface area contributed by atoms with Gasteiger partial charge in [0.15, 0.2) is 6.19 Å². The highest BCUT2D eigenvalue weighted by atomic mass is 15.2. The lowest BCUT2D eigenvalue weighted by molar-refractivity contribution is 0.464. The van der Waals surface area contributed by atoms with Crippen molar-refractivity contribution in [2.75, 3.05) is 6.54 Å². The molecule has 0 saturated carbocycles. The van der Waals surface area contributed by atoms with Crippen LogP contribution < -0.4 is 5.73 Å². The zero-order valence-electron chi connectivity index (χ0n) is 6.26. The highest BCUT2D eigenvalue weighted by Gasteiger charge is 2.05. The van der Waals surface area contributed by atoms with Gasteiger partial charge in [-0.25, -0.2) is 4.90 Å². The average Bonchev–Trinajstić information content (AvgIpc) is 1.81. The standard InChI is InChI=1S/C6H12N4/c1-5(2)3-10(4-7)6(8)9/h5H,3H2,1-2H3,(H3,8,9). The fourth-order valence-electron chi connectivity index (χ4n) is 0.558. The van der Waals surface area contributed by atoms with Crippen molar-refractivity contribution in [3.63, 3.8) is 0 Å². The van der Waals surface area contributed by atoms with Crippen molar-refractivity contribution in [2.45, 2.75) is 13.8 Å². The summed E-state index contributed by atoms with van der Waals surface area (Å²) >= 11 is 0. The Hall–Kier alpha value is -1.24. The molecule has 0 fully saturated rings. The van der Waals surface area contributed by atoms with Gasteiger partial charge in [-0.15, -0.1) is 0 Å². The minimum absolute atomic E-state index is 0.184. The fourth-order valence-corrected chi connectivity index (χ4v) is 0.558. The van der Waals surface area contributed by atoms with Gasteiger partial charge in [0.05, 0.1) is 0 Å². The smallest absolute Gasteiger partial charge is 0.201 e. The summed E-state index contributed by atoms with van der Waals surface area (Å²) in [4.78, 5) is 1.16. The lowest BCUT2D eigenvalue weighted by Gasteiger charge is -2.14. The topological polar surface area (TPSA) is 76.9 Å². The summed E-state index contributed by atoms with van der Waals surface area (Å²) in [5.74, 6) is 0.166. The maximum Gasteiger partial charge on any atom is 0.201 e. The Morgan fingerprint density at radius 3 is 2.40 bits per heavy atom. The van der Waals surface area contributed by atoms with Gasteiger partial charge in [0.2, 0.25) is 5.96 Å². The highest BCUT2D eigenvalue weighted by Crippen LogP contribution is 1.94. The maximum atomic E-state index is 8.40. The molecule has 4 nitrogen and oxygen atoms in total. The largest absolute Gasteiger partial charge is 0.369 e. The van der Waals surface area contributed by atoms with Gasteiger partial charge in [-0.05, 0) is 5.92 Å². The van der Waals surface area contributed by atoms with E-state index in [0.717, 1.165) is 4.90 Å². The summed E-state index contributed by atoms with van der Waals surface area (Å²) in [6.45, 7) is 4.45. The summed E-state index contributed by atoms with van der Waals surface area (Å²) in [6, 6.07) is 0. The summed E-state index contributed by atoms with van der Waals surface area (Å²) in [5.41, 5.74) is 5.08. The van der Waals surface area contributed by atoms with Crippen LogP contribution in [0.25, 0.3) is 0 Å². The van der Waals surface area contributed by atoms with Crippen LogP contribution in [0.2, 0.25) is 0 Å². The number of nitrogens with zero attached hydrogens (tertiary/aromatic N) is 2. The van der Waals surface area contributed by atoms with Crippen molar-refractivity contribution in [1.82, 2.24) is 4.90 Å². The van der Waals surface area contributed by atoms with Crippen LogP contribution in [-0.4, -0.2) is 17.4 Å². The molecular formula is C6H12N4. The van der Waals surface area contributed by atoms with E-state index in [4.69, 9.17) is 16.4 Å². The minimum Gasteiger partial charge on any atom is -0.369 e. The first-order chi connectivity index (χ1) is 4.57. The first-order valence-corrected chi connectivity index (χ1v) is 3.09. The second-order valence-electron chi connectivity index (χ2n) is 2.49. The normalized spacial score (nSPS) is 9.00. The molecule has 0 aliphatic rings. The van der Waals surface area contributed by atoms with Crippen LogP contribution in [-0.2, 0) is 0 Å². The van der Waals surface area contributed by atoms with Gasteiger partial charge in [-0.2, -0.15) is 5.26 Å². The van der Waals surface area contributed by atoms with E-state index >= 15 is 0 Å². The molecule has 0 atom stereocenters. The van der Waals surface area contributed by atoms with Crippen molar-refractivity contribution in [3.8, 4) is 6.19 Å². The number of hydrogen-bond acceptors (Lipinski definition) is 2. The van der Waals surface area contributed by atoms with E-state index in [1.54, 1.807) is 0 Å². The third-order valence-corrected chi connectivity index (χ3v) is 0.959. The lowest BCUT2D eigenvalue weighted by atomic mass is 10.2. The molecule has 0 saturated heterocycles. The van der Waals surface area contributed by atoms with Crippen molar-refractivity contribution in [1.29, 1.82) is 10.7 Å². The third-order valence-electron chi connectivity index (χ3n) is 0.959. The maximum absolute atomic E-state index is 8.40. The molecule has 4 heteroatoms. The zero-order chi connectivity index (χ0) is 8.15. The number of nitriles is 1.